The SMILES string of the molecule is CN(C)c1ccc(/C=C2/CCC[C@@H]3C2=NN(C(=O)c2ccc(Cl)cc2)[C@@H]3c2ccc(N(C)C)cc2)cc1. The minimum absolute atomic E-state index is 0.102. The van der Waals surface area contributed by atoms with Crippen LogP contribution in [-0.4, -0.2) is 44.8 Å². The Kier molecular flexibility index (Phi) is 7.07. The fourth-order valence-corrected chi connectivity index (χ4v) is 5.39. The van der Waals surface area contributed by atoms with Crippen LogP contribution in [-0.2, 0) is 0 Å². The van der Waals surface area contributed by atoms with Crippen molar-refractivity contribution in [3.05, 3.63) is 100 Å². The maximum Gasteiger partial charge on any atom is 0.274 e. The quantitative estimate of drug-likeness (QED) is 0.373. The monoisotopic (exact) mass is 512 g/mol. The Balaban J connectivity index is 1.54. The van der Waals surface area contributed by atoms with E-state index in [0.29, 0.717) is 10.6 Å². The number of halogens is 1. The van der Waals surface area contributed by atoms with Gasteiger partial charge in [0, 0.05) is 56.1 Å². The van der Waals surface area contributed by atoms with E-state index in [2.05, 4.69) is 64.4 Å². The fraction of sp³-hybridized carbons (Fsp3) is 0.290. The second kappa shape index (κ2) is 10.4. The molecule has 1 amide bonds. The van der Waals surface area contributed by atoms with E-state index in [1.165, 1.54) is 11.3 Å². The molecule has 5 rings (SSSR count). The van der Waals surface area contributed by atoms with Crippen molar-refractivity contribution in [1.29, 1.82) is 0 Å². The highest BCUT2D eigenvalue weighted by Gasteiger charge is 2.43. The topological polar surface area (TPSA) is 39.1 Å². The molecule has 0 unspecified atom stereocenters. The molecule has 2 aliphatic rings. The molecule has 0 N–H and O–H groups in total. The van der Waals surface area contributed by atoms with Gasteiger partial charge in [-0.1, -0.05) is 35.9 Å². The van der Waals surface area contributed by atoms with Crippen molar-refractivity contribution in [3.63, 3.8) is 0 Å². The second-order valence-electron chi connectivity index (χ2n) is 10.2. The number of hydrogen-bond donors (Lipinski definition) is 0. The van der Waals surface area contributed by atoms with Gasteiger partial charge in [-0.3, -0.25) is 4.79 Å². The number of amides is 1. The van der Waals surface area contributed by atoms with Crippen LogP contribution in [0.3, 0.4) is 0 Å². The van der Waals surface area contributed by atoms with Crippen molar-refractivity contribution in [1.82, 2.24) is 5.01 Å². The van der Waals surface area contributed by atoms with Crippen molar-refractivity contribution in [2.24, 2.45) is 11.0 Å². The minimum atomic E-state index is -0.144. The van der Waals surface area contributed by atoms with E-state index in [-0.39, 0.29) is 17.9 Å². The first-order valence-corrected chi connectivity index (χ1v) is 13.1. The summed E-state index contributed by atoms with van der Waals surface area (Å²) in [7, 11) is 8.16. The van der Waals surface area contributed by atoms with Crippen molar-refractivity contribution in [2.45, 2.75) is 25.3 Å². The van der Waals surface area contributed by atoms with Gasteiger partial charge in [-0.2, -0.15) is 5.10 Å². The second-order valence-corrected chi connectivity index (χ2v) is 10.7. The smallest absolute Gasteiger partial charge is 0.274 e. The number of rotatable bonds is 5. The third-order valence-electron chi connectivity index (χ3n) is 7.30. The summed E-state index contributed by atoms with van der Waals surface area (Å²) < 4.78 is 0. The Labute approximate surface area is 224 Å². The fourth-order valence-electron chi connectivity index (χ4n) is 5.27. The van der Waals surface area contributed by atoms with E-state index in [1.54, 1.807) is 29.3 Å². The van der Waals surface area contributed by atoms with Gasteiger partial charge in [-0.25, -0.2) is 5.01 Å². The summed E-state index contributed by atoms with van der Waals surface area (Å²) in [5.41, 5.74) is 7.40. The number of anilines is 2. The summed E-state index contributed by atoms with van der Waals surface area (Å²) in [4.78, 5) is 18.0. The molecular formula is C31H33ClN4O. The molecule has 1 aliphatic carbocycles. The largest absolute Gasteiger partial charge is 0.378 e. The molecule has 0 bridgehead atoms. The molecule has 2 atom stereocenters. The molecule has 5 nitrogen and oxygen atoms in total. The lowest BCUT2D eigenvalue weighted by atomic mass is 9.77. The molecule has 37 heavy (non-hydrogen) atoms. The Morgan fingerprint density at radius 3 is 2.08 bits per heavy atom. The van der Waals surface area contributed by atoms with Crippen LogP contribution in [0.25, 0.3) is 6.08 Å². The van der Waals surface area contributed by atoms with Crippen LogP contribution >= 0.6 is 11.6 Å². The highest BCUT2D eigenvalue weighted by molar-refractivity contribution is 6.30. The van der Waals surface area contributed by atoms with Crippen LogP contribution in [0.4, 0.5) is 11.4 Å². The van der Waals surface area contributed by atoms with Crippen LogP contribution in [0.15, 0.2) is 83.5 Å². The first-order valence-electron chi connectivity index (χ1n) is 12.7. The Hall–Kier alpha value is -3.57. The van der Waals surface area contributed by atoms with Crippen LogP contribution in [0.5, 0.6) is 0 Å². The van der Waals surface area contributed by atoms with E-state index < -0.39 is 0 Å². The summed E-state index contributed by atoms with van der Waals surface area (Å²) >= 11 is 6.10. The van der Waals surface area contributed by atoms with Crippen LogP contribution in [0.2, 0.25) is 5.02 Å². The van der Waals surface area contributed by atoms with Gasteiger partial charge in [0.15, 0.2) is 0 Å². The standard InChI is InChI=1S/C31H33ClN4O/c1-34(2)26-16-8-21(9-17-26)20-24-6-5-7-28-29(24)33-36(31(37)23-10-14-25(32)15-11-23)30(28)22-12-18-27(19-13-22)35(3)4/h8-20,28,30H,5-7H2,1-4H3/b24-20-/t28-,30-/m1/s1. The summed E-state index contributed by atoms with van der Waals surface area (Å²) in [6.45, 7) is 0. The van der Waals surface area contributed by atoms with Gasteiger partial charge >= 0.3 is 0 Å². The molecule has 3 aromatic carbocycles. The first-order chi connectivity index (χ1) is 17.8. The van der Waals surface area contributed by atoms with Crippen LogP contribution in [0.1, 0.15) is 46.8 Å². The van der Waals surface area contributed by atoms with Crippen molar-refractivity contribution < 1.29 is 4.79 Å². The highest BCUT2D eigenvalue weighted by Crippen LogP contribution is 2.45. The number of nitrogens with zero attached hydrogens (tertiary/aromatic N) is 4. The van der Waals surface area contributed by atoms with Gasteiger partial charge in [-0.05, 0) is 90.6 Å². The Bertz CT molecular complexity index is 1330. The number of hydrogen-bond acceptors (Lipinski definition) is 4. The van der Waals surface area contributed by atoms with Gasteiger partial charge in [0.25, 0.3) is 5.91 Å². The molecule has 0 aromatic heterocycles. The number of carbonyl (C=O) groups excluding carboxylic acids is 1. The summed E-state index contributed by atoms with van der Waals surface area (Å²) in [6, 6.07) is 24.0. The maximum atomic E-state index is 13.8. The van der Waals surface area contributed by atoms with E-state index in [1.807, 2.05) is 28.2 Å². The lowest BCUT2D eigenvalue weighted by Gasteiger charge is -2.30. The Morgan fingerprint density at radius 1 is 0.892 bits per heavy atom. The van der Waals surface area contributed by atoms with Crippen molar-refractivity contribution in [2.75, 3.05) is 38.0 Å². The van der Waals surface area contributed by atoms with Gasteiger partial charge in [0.05, 0.1) is 11.8 Å². The van der Waals surface area contributed by atoms with E-state index >= 15 is 0 Å². The molecule has 0 radical (unpaired) electrons. The lowest BCUT2D eigenvalue weighted by Crippen LogP contribution is -2.32. The minimum Gasteiger partial charge on any atom is -0.378 e. The predicted molar refractivity (Wildman–Crippen MR) is 155 cm³/mol. The molecular weight excluding hydrogens is 480 g/mol. The zero-order chi connectivity index (χ0) is 26.1. The first kappa shape index (κ1) is 25.1. The van der Waals surface area contributed by atoms with Crippen molar-refractivity contribution >= 4 is 40.7 Å². The lowest BCUT2D eigenvalue weighted by molar-refractivity contribution is 0.0681. The van der Waals surface area contributed by atoms with Gasteiger partial charge in [-0.15, -0.1) is 0 Å². The molecule has 6 heteroatoms. The molecule has 190 valence electrons. The molecule has 0 saturated heterocycles. The molecule has 1 fully saturated rings. The van der Waals surface area contributed by atoms with Gasteiger partial charge < -0.3 is 9.80 Å². The highest BCUT2D eigenvalue weighted by atomic mass is 35.5. The number of hydrazone groups is 1. The summed E-state index contributed by atoms with van der Waals surface area (Å²) in [5, 5.41) is 7.35. The normalized spacial score (nSPS) is 20.0. The zero-order valence-corrected chi connectivity index (χ0v) is 22.6. The van der Waals surface area contributed by atoms with Crippen LogP contribution < -0.4 is 9.80 Å². The molecule has 1 saturated carbocycles. The Morgan fingerprint density at radius 2 is 1.49 bits per heavy atom. The molecule has 0 spiro atoms. The zero-order valence-electron chi connectivity index (χ0n) is 21.9. The van der Waals surface area contributed by atoms with E-state index in [0.717, 1.165) is 41.8 Å². The average Bonchev–Trinajstić information content (AvgIpc) is 3.30. The number of carbonyl (C=O) groups is 1. The maximum absolute atomic E-state index is 13.8. The number of allylic oxidation sites excluding steroid dienone is 1. The average molecular weight is 513 g/mol. The van der Waals surface area contributed by atoms with E-state index in [4.69, 9.17) is 16.7 Å². The summed E-state index contributed by atoms with van der Waals surface area (Å²) in [6.07, 6.45) is 5.27. The van der Waals surface area contributed by atoms with Gasteiger partial charge in [0.1, 0.15) is 0 Å². The number of fused-ring (bicyclic) bond motifs is 1. The van der Waals surface area contributed by atoms with E-state index in [9.17, 15) is 4.79 Å². The summed E-state index contributed by atoms with van der Waals surface area (Å²) in [5.74, 6) is 0.0532. The van der Waals surface area contributed by atoms with Gasteiger partial charge in [0.2, 0.25) is 0 Å². The third kappa shape index (κ3) is 5.14. The molecule has 1 heterocycles. The third-order valence-corrected chi connectivity index (χ3v) is 7.55. The number of benzene rings is 3. The predicted octanol–water partition coefficient (Wildman–Crippen LogP) is 6.91. The molecule has 1 aliphatic heterocycles. The van der Waals surface area contributed by atoms with Crippen LogP contribution in [0, 0.1) is 5.92 Å². The van der Waals surface area contributed by atoms with Crippen molar-refractivity contribution in [3.8, 4) is 0 Å². The molecule has 3 aromatic rings.